The van der Waals surface area contributed by atoms with Gasteiger partial charge in [0.25, 0.3) is 0 Å². The Morgan fingerprint density at radius 1 is 0.104 bits per heavy atom. The molecule has 0 fully saturated rings. The van der Waals surface area contributed by atoms with Crippen LogP contribution in [0.4, 0.5) is 102 Å². The highest BCUT2D eigenvalue weighted by atomic mass is 15.2. The number of fused-ring (bicyclic) bond motifs is 6. The van der Waals surface area contributed by atoms with Crippen LogP contribution in [0.25, 0.3) is 32.3 Å². The number of nitrogens with zero attached hydrogens (tertiary/aromatic N) is 6. The molecule has 16 rings (SSSR count). The number of hydrogen-bond acceptors (Lipinski definition) is 6. The van der Waals surface area contributed by atoms with Crippen LogP contribution in [0.2, 0.25) is 0 Å². The van der Waals surface area contributed by atoms with Gasteiger partial charge in [-0.05, 0) is 214 Å². The van der Waals surface area contributed by atoms with Gasteiger partial charge >= 0.3 is 0 Å². The number of rotatable bonds is 18. The summed E-state index contributed by atoms with van der Waals surface area (Å²) in [4.78, 5) is 14.6. The molecule has 0 spiro atoms. The van der Waals surface area contributed by atoms with Crippen molar-refractivity contribution in [2.45, 2.75) is 0 Å². The van der Waals surface area contributed by atoms with Crippen LogP contribution in [0.3, 0.4) is 0 Å². The second-order valence-corrected chi connectivity index (χ2v) is 23.7. The Labute approximate surface area is 561 Å². The molecular weight excluding hydrogens is 1170 g/mol. The molecule has 0 atom stereocenters. The van der Waals surface area contributed by atoms with Gasteiger partial charge in [0.05, 0.1) is 34.1 Å². The smallest absolute Gasteiger partial charge is 0.0709 e. The summed E-state index contributed by atoms with van der Waals surface area (Å²) in [5.74, 6) is 0. The molecule has 0 aliphatic heterocycles. The monoisotopic (exact) mass is 1230 g/mol. The molecular formula is C90H66N6. The van der Waals surface area contributed by atoms with E-state index in [1.165, 1.54) is 0 Å². The van der Waals surface area contributed by atoms with Gasteiger partial charge in [-0.1, -0.05) is 218 Å². The molecule has 0 N–H and O–H groups in total. The molecule has 0 aliphatic carbocycles. The Morgan fingerprint density at radius 2 is 0.188 bits per heavy atom. The third-order valence-electron chi connectivity index (χ3n) is 17.8. The maximum atomic E-state index is 2.48. The Balaban J connectivity index is 1.16. The lowest BCUT2D eigenvalue weighted by molar-refractivity contribution is 1.23. The molecule has 0 bridgehead atoms. The van der Waals surface area contributed by atoms with Gasteiger partial charge in [0.15, 0.2) is 0 Å². The third kappa shape index (κ3) is 11.2. The maximum Gasteiger partial charge on any atom is 0.0709 e. The second-order valence-electron chi connectivity index (χ2n) is 23.7. The molecule has 96 heavy (non-hydrogen) atoms. The van der Waals surface area contributed by atoms with Crippen LogP contribution >= 0.6 is 0 Å². The zero-order valence-electron chi connectivity index (χ0n) is 52.8. The van der Waals surface area contributed by atoms with E-state index in [2.05, 4.69) is 430 Å². The first-order valence-corrected chi connectivity index (χ1v) is 32.7. The fourth-order valence-electron chi connectivity index (χ4n) is 13.6. The van der Waals surface area contributed by atoms with Gasteiger partial charge < -0.3 is 29.4 Å². The van der Waals surface area contributed by atoms with Crippen molar-refractivity contribution < 1.29 is 0 Å². The van der Waals surface area contributed by atoms with Crippen molar-refractivity contribution in [3.63, 3.8) is 0 Å². The molecule has 6 heteroatoms. The molecule has 16 aromatic rings. The van der Waals surface area contributed by atoms with E-state index in [1.54, 1.807) is 0 Å². The minimum absolute atomic E-state index is 0.989. The molecule has 0 saturated heterocycles. The van der Waals surface area contributed by atoms with Crippen LogP contribution in [-0.2, 0) is 0 Å². The van der Waals surface area contributed by atoms with E-state index in [4.69, 9.17) is 0 Å². The molecule has 0 unspecified atom stereocenters. The number of benzene rings is 16. The number of anilines is 18. The lowest BCUT2D eigenvalue weighted by Crippen LogP contribution is -2.18. The molecule has 0 amide bonds. The van der Waals surface area contributed by atoms with Crippen molar-refractivity contribution in [2.75, 3.05) is 29.4 Å². The summed E-state index contributed by atoms with van der Waals surface area (Å²) in [5.41, 5.74) is 18.2. The standard InChI is InChI=1S/C90H66N6/c1-13-37-67(38-14-1)91(68-39-15-2-16-40-68)85-61-79-80(62-86(85)92(69-41-17-3-18-42-69)70-43-19-4-20-44-70)82-64-88(94(73-49-25-7-26-50-73)74-51-27-8-28-52-74)90(96(77-57-33-11-34-58-77)78-59-35-12-36-60-78)66-84(82)83-65-89(95(75-53-29-9-30-54-75)76-55-31-10-32-56-76)87(63-81(79)83)93(71-45-21-5-22-46-71)72-47-23-6-24-48-72/h1-66H. The van der Waals surface area contributed by atoms with Crippen LogP contribution in [0, 0.1) is 0 Å². The highest BCUT2D eigenvalue weighted by Crippen LogP contribution is 2.56. The SMILES string of the molecule is c1ccc(N(c2ccccc2)c2cc3c4cc(N(c5ccccc5)c5ccccc5)c(N(c5ccccc5)c5ccccc5)cc4c4cc(N(c5ccccc5)c5ccccc5)c(N(c5ccccc5)c5ccccc5)cc4c3cc2N(c2ccccc2)c2ccccc2)cc1. The average Bonchev–Trinajstić information content (AvgIpc) is 0.707. The summed E-state index contributed by atoms with van der Waals surface area (Å²) < 4.78 is 0. The van der Waals surface area contributed by atoms with E-state index in [0.29, 0.717) is 0 Å². The maximum absolute atomic E-state index is 2.48. The summed E-state index contributed by atoms with van der Waals surface area (Å²) >= 11 is 0. The average molecular weight is 1230 g/mol. The van der Waals surface area contributed by atoms with E-state index in [9.17, 15) is 0 Å². The van der Waals surface area contributed by atoms with Crippen LogP contribution in [0.15, 0.2) is 400 Å². The molecule has 0 heterocycles. The first-order chi connectivity index (χ1) is 47.7. The first kappa shape index (κ1) is 58.2. The van der Waals surface area contributed by atoms with Crippen LogP contribution in [0.1, 0.15) is 0 Å². The summed E-state index contributed by atoms with van der Waals surface area (Å²) in [6.07, 6.45) is 0. The Morgan fingerprint density at radius 3 is 0.271 bits per heavy atom. The Bertz CT molecular complexity index is 4130. The largest absolute Gasteiger partial charge is 0.308 e. The minimum Gasteiger partial charge on any atom is -0.308 e. The highest BCUT2D eigenvalue weighted by Gasteiger charge is 2.31. The van der Waals surface area contributed by atoms with Crippen molar-refractivity contribution >= 4 is 135 Å². The van der Waals surface area contributed by atoms with Crippen molar-refractivity contribution in [1.29, 1.82) is 0 Å². The van der Waals surface area contributed by atoms with E-state index < -0.39 is 0 Å². The van der Waals surface area contributed by atoms with E-state index in [-0.39, 0.29) is 0 Å². The van der Waals surface area contributed by atoms with Gasteiger partial charge in [-0.15, -0.1) is 0 Å². The predicted molar refractivity (Wildman–Crippen MR) is 407 cm³/mol. The van der Waals surface area contributed by atoms with Crippen LogP contribution in [-0.4, -0.2) is 0 Å². The Kier molecular flexibility index (Phi) is 16.0. The zero-order valence-corrected chi connectivity index (χ0v) is 52.8. The molecule has 0 saturated carbocycles. The summed E-state index contributed by atoms with van der Waals surface area (Å²) in [6, 6.07) is 145. The van der Waals surface area contributed by atoms with E-state index in [0.717, 1.165) is 135 Å². The van der Waals surface area contributed by atoms with E-state index in [1.807, 2.05) is 0 Å². The lowest BCUT2D eigenvalue weighted by atomic mass is 9.90. The highest BCUT2D eigenvalue weighted by molar-refractivity contribution is 6.30. The van der Waals surface area contributed by atoms with Gasteiger partial charge in [0, 0.05) is 68.2 Å². The number of hydrogen-bond donors (Lipinski definition) is 0. The molecule has 0 radical (unpaired) electrons. The quantitative estimate of drug-likeness (QED) is 0.0792. The molecule has 456 valence electrons. The van der Waals surface area contributed by atoms with Crippen molar-refractivity contribution in [2.24, 2.45) is 0 Å². The Hall–Kier alpha value is -12.9. The predicted octanol–water partition coefficient (Wildman–Crippen LogP) is 26.0. The summed E-state index contributed by atoms with van der Waals surface area (Å²) in [5, 5.41) is 6.43. The van der Waals surface area contributed by atoms with Crippen molar-refractivity contribution in [1.82, 2.24) is 0 Å². The topological polar surface area (TPSA) is 19.4 Å². The molecule has 0 aromatic heterocycles. The number of para-hydroxylation sites is 12. The van der Waals surface area contributed by atoms with Gasteiger partial charge in [0.1, 0.15) is 0 Å². The van der Waals surface area contributed by atoms with Gasteiger partial charge in [-0.3, -0.25) is 0 Å². The molecule has 6 nitrogen and oxygen atoms in total. The first-order valence-electron chi connectivity index (χ1n) is 32.7. The summed E-state index contributed by atoms with van der Waals surface area (Å²) in [6.45, 7) is 0. The normalized spacial score (nSPS) is 11.1. The molecule has 16 aromatic carbocycles. The minimum atomic E-state index is 0.989. The van der Waals surface area contributed by atoms with Gasteiger partial charge in [0.2, 0.25) is 0 Å². The summed E-state index contributed by atoms with van der Waals surface area (Å²) in [7, 11) is 0. The van der Waals surface area contributed by atoms with Crippen LogP contribution in [0.5, 0.6) is 0 Å². The van der Waals surface area contributed by atoms with Crippen molar-refractivity contribution in [3.05, 3.63) is 400 Å². The fraction of sp³-hybridized carbons (Fsp3) is 0. The van der Waals surface area contributed by atoms with E-state index >= 15 is 0 Å². The van der Waals surface area contributed by atoms with Gasteiger partial charge in [-0.2, -0.15) is 0 Å². The fourth-order valence-corrected chi connectivity index (χ4v) is 13.6. The molecule has 0 aliphatic rings. The second kappa shape index (κ2) is 26.4. The van der Waals surface area contributed by atoms with Crippen molar-refractivity contribution in [3.8, 4) is 0 Å². The van der Waals surface area contributed by atoms with Crippen LogP contribution < -0.4 is 29.4 Å². The third-order valence-corrected chi connectivity index (χ3v) is 17.8. The zero-order chi connectivity index (χ0) is 64.0. The lowest BCUT2D eigenvalue weighted by Gasteiger charge is -2.36. The van der Waals surface area contributed by atoms with Gasteiger partial charge in [-0.25, -0.2) is 0 Å².